The normalized spacial score (nSPS) is 14.9. The fourth-order valence-electron chi connectivity index (χ4n) is 2.45. The summed E-state index contributed by atoms with van der Waals surface area (Å²) in [7, 11) is 0. The van der Waals surface area contributed by atoms with Crippen LogP contribution in [0.2, 0.25) is 0 Å². The molecule has 0 atom stereocenters. The Hall–Kier alpha value is -2.25. The van der Waals surface area contributed by atoms with Gasteiger partial charge in [-0.25, -0.2) is 9.97 Å². The molecule has 0 spiro atoms. The lowest BCUT2D eigenvalue weighted by Gasteiger charge is -2.27. The Morgan fingerprint density at radius 1 is 1.41 bits per heavy atom. The van der Waals surface area contributed by atoms with E-state index in [2.05, 4.69) is 25.6 Å². The summed E-state index contributed by atoms with van der Waals surface area (Å²) in [5, 5.41) is 8.17. The topological polar surface area (TPSA) is 82.7 Å². The van der Waals surface area contributed by atoms with Gasteiger partial charge in [0.15, 0.2) is 5.65 Å². The minimum absolute atomic E-state index is 0.0940. The van der Waals surface area contributed by atoms with Crippen LogP contribution in [0.25, 0.3) is 21.9 Å². The summed E-state index contributed by atoms with van der Waals surface area (Å²) in [6, 6.07) is 5.68. The molecule has 0 aliphatic carbocycles. The number of imidazole rings is 1. The Kier molecular flexibility index (Phi) is 3.36. The molecule has 6 nitrogen and oxygen atoms in total. The quantitative estimate of drug-likeness (QED) is 0.684. The number of amides is 1. The number of fused-ring (bicyclic) bond motifs is 1. The zero-order valence-electron chi connectivity index (χ0n) is 11.8. The fraction of sp³-hybridized carbons (Fsp3) is 0.267. The van der Waals surface area contributed by atoms with Crippen molar-refractivity contribution in [2.45, 2.75) is 0 Å². The van der Waals surface area contributed by atoms with Gasteiger partial charge < -0.3 is 15.6 Å². The first-order valence-corrected chi connectivity index (χ1v) is 8.07. The number of thiophene rings is 1. The minimum Gasteiger partial charge on any atom is -0.352 e. The molecular formula is C15H15N5OS. The molecule has 0 saturated carbocycles. The Labute approximate surface area is 131 Å². The molecule has 7 heteroatoms. The molecule has 4 heterocycles. The van der Waals surface area contributed by atoms with Gasteiger partial charge in [0.2, 0.25) is 0 Å². The summed E-state index contributed by atoms with van der Waals surface area (Å²) in [5.41, 5.74) is 1.83. The van der Waals surface area contributed by atoms with E-state index in [0.717, 1.165) is 23.8 Å². The van der Waals surface area contributed by atoms with Crippen molar-refractivity contribution in [1.82, 2.24) is 25.6 Å². The van der Waals surface area contributed by atoms with Gasteiger partial charge in [-0.1, -0.05) is 6.07 Å². The zero-order chi connectivity index (χ0) is 14.9. The molecule has 112 valence electrons. The molecule has 3 N–H and O–H groups in total. The third-order valence-electron chi connectivity index (χ3n) is 3.80. The largest absolute Gasteiger partial charge is 0.352 e. The highest BCUT2D eigenvalue weighted by atomic mass is 32.1. The van der Waals surface area contributed by atoms with Gasteiger partial charge >= 0.3 is 0 Å². The number of carbonyl (C=O) groups is 1. The molecule has 22 heavy (non-hydrogen) atoms. The van der Waals surface area contributed by atoms with E-state index in [4.69, 9.17) is 0 Å². The average Bonchev–Trinajstić information content (AvgIpc) is 3.13. The number of rotatable bonds is 4. The Morgan fingerprint density at radius 2 is 2.32 bits per heavy atom. The lowest BCUT2D eigenvalue weighted by atomic mass is 10.0. The molecule has 0 radical (unpaired) electrons. The van der Waals surface area contributed by atoms with Crippen LogP contribution in [0.15, 0.2) is 29.8 Å². The van der Waals surface area contributed by atoms with Gasteiger partial charge in [0, 0.05) is 31.7 Å². The third-order valence-corrected chi connectivity index (χ3v) is 4.68. The van der Waals surface area contributed by atoms with Gasteiger partial charge in [-0.15, -0.1) is 11.3 Å². The SMILES string of the molecule is O=C(NCC1CNC1)c1ccnc2[nH]c(-c3cccs3)nc12. The van der Waals surface area contributed by atoms with Crippen LogP contribution in [-0.4, -0.2) is 40.5 Å². The number of nitrogens with zero attached hydrogens (tertiary/aromatic N) is 2. The van der Waals surface area contributed by atoms with E-state index in [0.29, 0.717) is 29.2 Å². The van der Waals surface area contributed by atoms with E-state index in [9.17, 15) is 4.79 Å². The highest BCUT2D eigenvalue weighted by molar-refractivity contribution is 7.13. The predicted octanol–water partition coefficient (Wildman–Crippen LogP) is 1.64. The Morgan fingerprint density at radius 3 is 3.05 bits per heavy atom. The molecule has 4 rings (SSSR count). The van der Waals surface area contributed by atoms with Crippen molar-refractivity contribution < 1.29 is 4.79 Å². The van der Waals surface area contributed by atoms with E-state index in [1.165, 1.54) is 0 Å². The van der Waals surface area contributed by atoms with Crippen molar-refractivity contribution in [2.75, 3.05) is 19.6 Å². The van der Waals surface area contributed by atoms with Crippen molar-refractivity contribution in [3.8, 4) is 10.7 Å². The second-order valence-electron chi connectivity index (χ2n) is 5.35. The highest BCUT2D eigenvalue weighted by Gasteiger charge is 2.19. The lowest BCUT2D eigenvalue weighted by Crippen LogP contribution is -2.48. The number of pyridine rings is 1. The number of aromatic amines is 1. The molecule has 0 aromatic carbocycles. The monoisotopic (exact) mass is 313 g/mol. The molecule has 1 aliphatic rings. The fourth-order valence-corrected chi connectivity index (χ4v) is 3.12. The van der Waals surface area contributed by atoms with Crippen LogP contribution in [0.4, 0.5) is 0 Å². The lowest BCUT2D eigenvalue weighted by molar-refractivity contribution is 0.0943. The van der Waals surface area contributed by atoms with Crippen LogP contribution >= 0.6 is 11.3 Å². The molecule has 3 aromatic heterocycles. The first-order chi connectivity index (χ1) is 10.8. The molecule has 1 fully saturated rings. The predicted molar refractivity (Wildman–Crippen MR) is 85.9 cm³/mol. The number of hydrogen-bond acceptors (Lipinski definition) is 5. The minimum atomic E-state index is -0.0940. The second kappa shape index (κ2) is 5.51. The van der Waals surface area contributed by atoms with Gasteiger partial charge in [-0.3, -0.25) is 4.79 Å². The smallest absolute Gasteiger partial charge is 0.253 e. The van der Waals surface area contributed by atoms with Crippen molar-refractivity contribution in [3.63, 3.8) is 0 Å². The van der Waals surface area contributed by atoms with Gasteiger partial charge in [-0.2, -0.15) is 0 Å². The van der Waals surface area contributed by atoms with Gasteiger partial charge in [0.1, 0.15) is 11.3 Å². The maximum Gasteiger partial charge on any atom is 0.253 e. The van der Waals surface area contributed by atoms with Crippen LogP contribution in [0.1, 0.15) is 10.4 Å². The molecule has 0 unspecified atom stereocenters. The zero-order valence-corrected chi connectivity index (χ0v) is 12.6. The van der Waals surface area contributed by atoms with Crippen LogP contribution < -0.4 is 10.6 Å². The summed E-state index contributed by atoms with van der Waals surface area (Å²) in [6.45, 7) is 2.63. The maximum absolute atomic E-state index is 12.4. The number of aromatic nitrogens is 3. The highest BCUT2D eigenvalue weighted by Crippen LogP contribution is 2.25. The molecule has 1 saturated heterocycles. The number of hydrogen-bond donors (Lipinski definition) is 3. The Bertz CT molecular complexity index is 807. The van der Waals surface area contributed by atoms with Crippen LogP contribution in [0, 0.1) is 5.92 Å². The van der Waals surface area contributed by atoms with E-state index in [1.807, 2.05) is 17.5 Å². The van der Waals surface area contributed by atoms with E-state index >= 15 is 0 Å². The first kappa shape index (κ1) is 13.4. The maximum atomic E-state index is 12.4. The average molecular weight is 313 g/mol. The van der Waals surface area contributed by atoms with Gasteiger partial charge in [0.05, 0.1) is 10.4 Å². The van der Waals surface area contributed by atoms with Crippen molar-refractivity contribution in [1.29, 1.82) is 0 Å². The summed E-state index contributed by atoms with van der Waals surface area (Å²) in [4.78, 5) is 25.4. The van der Waals surface area contributed by atoms with E-state index < -0.39 is 0 Å². The second-order valence-corrected chi connectivity index (χ2v) is 6.30. The molecule has 1 aliphatic heterocycles. The van der Waals surface area contributed by atoms with Crippen LogP contribution in [0.5, 0.6) is 0 Å². The Balaban J connectivity index is 1.63. The van der Waals surface area contributed by atoms with Gasteiger partial charge in [-0.05, 0) is 17.5 Å². The summed E-state index contributed by atoms with van der Waals surface area (Å²) < 4.78 is 0. The van der Waals surface area contributed by atoms with E-state index in [1.54, 1.807) is 23.6 Å². The molecular weight excluding hydrogens is 298 g/mol. The number of H-pyrrole nitrogens is 1. The molecule has 0 bridgehead atoms. The van der Waals surface area contributed by atoms with E-state index in [-0.39, 0.29) is 5.91 Å². The summed E-state index contributed by atoms with van der Waals surface area (Å²) in [5.74, 6) is 1.19. The van der Waals surface area contributed by atoms with Crippen LogP contribution in [0.3, 0.4) is 0 Å². The number of nitrogens with one attached hydrogen (secondary N) is 3. The number of carbonyl (C=O) groups excluding carboxylic acids is 1. The molecule has 1 amide bonds. The standard InChI is InChI=1S/C15H15N5OS/c21-15(18-8-9-6-16-7-9)10-3-4-17-14-12(10)19-13(20-14)11-2-1-5-22-11/h1-5,9,16H,6-8H2,(H,18,21)(H,17,19,20). The van der Waals surface area contributed by atoms with Gasteiger partial charge in [0.25, 0.3) is 5.91 Å². The summed E-state index contributed by atoms with van der Waals surface area (Å²) >= 11 is 1.60. The third kappa shape index (κ3) is 2.38. The van der Waals surface area contributed by atoms with Crippen molar-refractivity contribution in [2.24, 2.45) is 5.92 Å². The molecule has 3 aromatic rings. The van der Waals surface area contributed by atoms with Crippen molar-refractivity contribution >= 4 is 28.4 Å². The van der Waals surface area contributed by atoms with Crippen LogP contribution in [-0.2, 0) is 0 Å². The first-order valence-electron chi connectivity index (χ1n) is 7.19. The summed E-state index contributed by atoms with van der Waals surface area (Å²) in [6.07, 6.45) is 1.64. The van der Waals surface area contributed by atoms with Crippen molar-refractivity contribution in [3.05, 3.63) is 35.3 Å².